The smallest absolute Gasteiger partial charge is 0.273 e. The molecule has 1 heterocycles. The SMILES string of the molecule is CC(C1CC1)N(C)C(=O)c1csc(-c2ccccc2)n1. The number of thiazole rings is 1. The molecule has 1 aromatic heterocycles. The average molecular weight is 286 g/mol. The van der Waals surface area contributed by atoms with E-state index in [0.29, 0.717) is 17.7 Å². The summed E-state index contributed by atoms with van der Waals surface area (Å²) in [5.41, 5.74) is 1.62. The molecule has 0 bridgehead atoms. The Kier molecular flexibility index (Phi) is 3.57. The highest BCUT2D eigenvalue weighted by Crippen LogP contribution is 2.35. The lowest BCUT2D eigenvalue weighted by Gasteiger charge is -2.23. The summed E-state index contributed by atoms with van der Waals surface area (Å²) in [6, 6.07) is 10.3. The first-order valence-electron chi connectivity index (χ1n) is 6.95. The first-order valence-corrected chi connectivity index (χ1v) is 7.83. The van der Waals surface area contributed by atoms with Gasteiger partial charge < -0.3 is 4.90 Å². The summed E-state index contributed by atoms with van der Waals surface area (Å²) in [5.74, 6) is 0.707. The molecule has 1 atom stereocenters. The van der Waals surface area contributed by atoms with Gasteiger partial charge in [0.15, 0.2) is 0 Å². The summed E-state index contributed by atoms with van der Waals surface area (Å²) in [5, 5.41) is 2.77. The van der Waals surface area contributed by atoms with Crippen molar-refractivity contribution in [3.8, 4) is 10.6 Å². The molecule has 0 N–H and O–H groups in total. The van der Waals surface area contributed by atoms with Crippen LogP contribution in [0.4, 0.5) is 0 Å². The number of hydrogen-bond acceptors (Lipinski definition) is 3. The molecule has 1 fully saturated rings. The second-order valence-electron chi connectivity index (χ2n) is 5.40. The highest BCUT2D eigenvalue weighted by atomic mass is 32.1. The van der Waals surface area contributed by atoms with Crippen molar-refractivity contribution in [3.63, 3.8) is 0 Å². The zero-order valence-electron chi connectivity index (χ0n) is 11.7. The topological polar surface area (TPSA) is 33.2 Å². The second kappa shape index (κ2) is 5.37. The molecule has 0 spiro atoms. The highest BCUT2D eigenvalue weighted by Gasteiger charge is 2.33. The Labute approximate surface area is 123 Å². The molecule has 0 saturated heterocycles. The van der Waals surface area contributed by atoms with Crippen molar-refractivity contribution in [2.75, 3.05) is 7.05 Å². The second-order valence-corrected chi connectivity index (χ2v) is 6.26. The van der Waals surface area contributed by atoms with Crippen LogP contribution in [0, 0.1) is 5.92 Å². The average Bonchev–Trinajstić information content (AvgIpc) is 3.22. The van der Waals surface area contributed by atoms with E-state index < -0.39 is 0 Å². The van der Waals surface area contributed by atoms with Crippen LogP contribution >= 0.6 is 11.3 Å². The molecule has 3 nitrogen and oxygen atoms in total. The molecule has 104 valence electrons. The third-order valence-electron chi connectivity index (χ3n) is 3.98. The fourth-order valence-corrected chi connectivity index (χ4v) is 3.15. The summed E-state index contributed by atoms with van der Waals surface area (Å²) < 4.78 is 0. The third-order valence-corrected chi connectivity index (χ3v) is 4.87. The zero-order valence-corrected chi connectivity index (χ0v) is 12.6. The predicted octanol–water partition coefficient (Wildman–Crippen LogP) is 3.68. The van der Waals surface area contributed by atoms with Crippen molar-refractivity contribution in [2.45, 2.75) is 25.8 Å². The number of carbonyl (C=O) groups is 1. The van der Waals surface area contributed by atoms with Crippen molar-refractivity contribution < 1.29 is 4.79 Å². The monoisotopic (exact) mass is 286 g/mol. The van der Waals surface area contributed by atoms with Crippen molar-refractivity contribution in [3.05, 3.63) is 41.4 Å². The van der Waals surface area contributed by atoms with E-state index in [0.717, 1.165) is 10.6 Å². The number of carbonyl (C=O) groups excluding carboxylic acids is 1. The normalized spacial score (nSPS) is 15.9. The number of benzene rings is 1. The summed E-state index contributed by atoms with van der Waals surface area (Å²) in [7, 11) is 1.88. The van der Waals surface area contributed by atoms with Gasteiger partial charge in [-0.1, -0.05) is 30.3 Å². The van der Waals surface area contributed by atoms with Crippen LogP contribution in [-0.2, 0) is 0 Å². The van der Waals surface area contributed by atoms with Crippen LogP contribution in [-0.4, -0.2) is 28.9 Å². The van der Waals surface area contributed by atoms with E-state index in [1.165, 1.54) is 24.2 Å². The van der Waals surface area contributed by atoms with Crippen LogP contribution in [0.3, 0.4) is 0 Å². The van der Waals surface area contributed by atoms with Gasteiger partial charge in [-0.3, -0.25) is 4.79 Å². The summed E-state index contributed by atoms with van der Waals surface area (Å²) >= 11 is 1.53. The molecule has 4 heteroatoms. The predicted molar refractivity (Wildman–Crippen MR) is 81.8 cm³/mol. The summed E-state index contributed by atoms with van der Waals surface area (Å²) in [6.07, 6.45) is 2.48. The van der Waals surface area contributed by atoms with Gasteiger partial charge in [0.25, 0.3) is 5.91 Å². The minimum absolute atomic E-state index is 0.0304. The molecule has 1 unspecified atom stereocenters. The van der Waals surface area contributed by atoms with Gasteiger partial charge >= 0.3 is 0 Å². The number of aromatic nitrogens is 1. The quantitative estimate of drug-likeness (QED) is 0.859. The van der Waals surface area contributed by atoms with Crippen molar-refractivity contribution in [1.82, 2.24) is 9.88 Å². The van der Waals surface area contributed by atoms with Gasteiger partial charge in [0.1, 0.15) is 10.7 Å². The lowest BCUT2D eigenvalue weighted by atomic mass is 10.2. The number of hydrogen-bond donors (Lipinski definition) is 0. The van der Waals surface area contributed by atoms with Crippen LogP contribution in [0.15, 0.2) is 35.7 Å². The van der Waals surface area contributed by atoms with Crippen LogP contribution in [0.25, 0.3) is 10.6 Å². The maximum atomic E-state index is 12.4. The number of nitrogens with zero attached hydrogens (tertiary/aromatic N) is 2. The van der Waals surface area contributed by atoms with E-state index in [1.807, 2.05) is 47.7 Å². The Balaban J connectivity index is 1.77. The van der Waals surface area contributed by atoms with Crippen molar-refractivity contribution >= 4 is 17.2 Å². The largest absolute Gasteiger partial charge is 0.337 e. The third kappa shape index (κ3) is 2.61. The van der Waals surface area contributed by atoms with Gasteiger partial charge in [-0.15, -0.1) is 11.3 Å². The van der Waals surface area contributed by atoms with Crippen molar-refractivity contribution in [1.29, 1.82) is 0 Å². The summed E-state index contributed by atoms with van der Waals surface area (Å²) in [6.45, 7) is 2.13. The van der Waals surface area contributed by atoms with E-state index in [2.05, 4.69) is 11.9 Å². The van der Waals surface area contributed by atoms with Gasteiger partial charge in [0, 0.05) is 24.0 Å². The Hall–Kier alpha value is -1.68. The van der Waals surface area contributed by atoms with Crippen molar-refractivity contribution in [2.24, 2.45) is 5.92 Å². The van der Waals surface area contributed by atoms with Gasteiger partial charge in [0.2, 0.25) is 0 Å². The van der Waals surface area contributed by atoms with E-state index in [1.54, 1.807) is 0 Å². The lowest BCUT2D eigenvalue weighted by Crippen LogP contribution is -2.36. The van der Waals surface area contributed by atoms with E-state index in [9.17, 15) is 4.79 Å². The highest BCUT2D eigenvalue weighted by molar-refractivity contribution is 7.13. The first-order chi connectivity index (χ1) is 9.66. The zero-order chi connectivity index (χ0) is 14.1. The molecule has 0 aliphatic heterocycles. The fourth-order valence-electron chi connectivity index (χ4n) is 2.35. The van der Waals surface area contributed by atoms with Crippen LogP contribution in [0.1, 0.15) is 30.3 Å². The number of amides is 1. The fraction of sp³-hybridized carbons (Fsp3) is 0.375. The summed E-state index contributed by atoms with van der Waals surface area (Å²) in [4.78, 5) is 18.8. The Bertz CT molecular complexity index is 604. The Morgan fingerprint density at radius 1 is 1.35 bits per heavy atom. The molecule has 1 aliphatic carbocycles. The van der Waals surface area contributed by atoms with Gasteiger partial charge in [-0.2, -0.15) is 0 Å². The minimum atomic E-state index is 0.0304. The van der Waals surface area contributed by atoms with Crippen LogP contribution < -0.4 is 0 Å². The van der Waals surface area contributed by atoms with E-state index in [-0.39, 0.29) is 5.91 Å². The molecule has 1 amide bonds. The van der Waals surface area contributed by atoms with Crippen LogP contribution in [0.2, 0.25) is 0 Å². The lowest BCUT2D eigenvalue weighted by molar-refractivity contribution is 0.0722. The Morgan fingerprint density at radius 2 is 2.05 bits per heavy atom. The molecular weight excluding hydrogens is 268 g/mol. The molecule has 1 aromatic carbocycles. The molecule has 3 rings (SSSR count). The maximum absolute atomic E-state index is 12.4. The molecule has 2 aromatic rings. The molecule has 1 aliphatic rings. The van der Waals surface area contributed by atoms with E-state index in [4.69, 9.17) is 0 Å². The van der Waals surface area contributed by atoms with Gasteiger partial charge in [-0.05, 0) is 25.7 Å². The maximum Gasteiger partial charge on any atom is 0.273 e. The number of rotatable bonds is 4. The van der Waals surface area contributed by atoms with E-state index >= 15 is 0 Å². The standard InChI is InChI=1S/C16H18N2OS/c1-11(12-8-9-12)18(2)16(19)14-10-20-15(17-14)13-6-4-3-5-7-13/h3-7,10-12H,8-9H2,1-2H3. The first kappa shape index (κ1) is 13.3. The van der Waals surface area contributed by atoms with Crippen LogP contribution in [0.5, 0.6) is 0 Å². The van der Waals surface area contributed by atoms with Gasteiger partial charge in [-0.25, -0.2) is 4.98 Å². The Morgan fingerprint density at radius 3 is 2.70 bits per heavy atom. The molecule has 1 saturated carbocycles. The van der Waals surface area contributed by atoms with Gasteiger partial charge in [0.05, 0.1) is 0 Å². The molecule has 20 heavy (non-hydrogen) atoms. The minimum Gasteiger partial charge on any atom is -0.337 e. The molecule has 0 radical (unpaired) electrons. The molecular formula is C16H18N2OS.